The molecule has 1 aliphatic heterocycles. The molecular formula is C69H46N6. The molecule has 0 amide bonds. The van der Waals surface area contributed by atoms with Crippen LogP contribution in [0.4, 0.5) is 11.6 Å². The van der Waals surface area contributed by atoms with Crippen LogP contribution in [0.1, 0.15) is 5.56 Å². The fraction of sp³-hybridized carbons (Fsp3) is 0.0145. The van der Waals surface area contributed by atoms with E-state index in [0.29, 0.717) is 18.3 Å². The molecule has 0 spiro atoms. The van der Waals surface area contributed by atoms with Crippen molar-refractivity contribution >= 4 is 71.3 Å². The largest absolute Gasteiger partial charge is 0.309 e. The van der Waals surface area contributed by atoms with Crippen LogP contribution in [-0.4, -0.2) is 31.0 Å². The number of allylic oxidation sites excluding steroid dienone is 4. The Balaban J connectivity index is 1.05. The third-order valence-corrected chi connectivity index (χ3v) is 14.6. The predicted molar refractivity (Wildman–Crippen MR) is 312 cm³/mol. The molecule has 0 unspecified atom stereocenters. The topological polar surface area (TPSA) is 59.7 Å². The summed E-state index contributed by atoms with van der Waals surface area (Å²) in [6.07, 6.45) is 10.5. The van der Waals surface area contributed by atoms with Gasteiger partial charge in [-0.2, -0.15) is 0 Å². The van der Waals surface area contributed by atoms with Gasteiger partial charge in [0.05, 0.1) is 33.8 Å². The molecule has 10 aromatic carbocycles. The van der Waals surface area contributed by atoms with Gasteiger partial charge in [0.25, 0.3) is 0 Å². The second kappa shape index (κ2) is 18.2. The Hall–Kier alpha value is -10.0. The Kier molecular flexibility index (Phi) is 10.6. The summed E-state index contributed by atoms with van der Waals surface area (Å²) in [5, 5.41) is 9.20. The molecule has 0 aliphatic carbocycles. The molecule has 14 rings (SSSR count). The zero-order valence-electron chi connectivity index (χ0n) is 40.8. The van der Waals surface area contributed by atoms with E-state index >= 15 is 0 Å². The number of fused-ring (bicyclic) bond motifs is 13. The number of rotatable bonds is 7. The van der Waals surface area contributed by atoms with Crippen LogP contribution in [-0.2, 0) is 0 Å². The highest BCUT2D eigenvalue weighted by atomic mass is 15.3. The van der Waals surface area contributed by atoms with Crippen LogP contribution < -0.4 is 4.90 Å². The Morgan fingerprint density at radius 3 is 1.64 bits per heavy atom. The summed E-state index contributed by atoms with van der Waals surface area (Å²) >= 11 is 0. The highest BCUT2D eigenvalue weighted by molar-refractivity contribution is 6.39. The Labute approximate surface area is 434 Å². The first-order valence-corrected chi connectivity index (χ1v) is 25.4. The molecule has 352 valence electrons. The smallest absolute Gasteiger partial charge is 0.231 e. The highest BCUT2D eigenvalue weighted by Crippen LogP contribution is 2.52. The zero-order valence-corrected chi connectivity index (χ0v) is 40.8. The van der Waals surface area contributed by atoms with Crippen LogP contribution in [0.2, 0.25) is 0 Å². The van der Waals surface area contributed by atoms with E-state index < -0.39 is 0 Å². The molecule has 0 saturated carbocycles. The van der Waals surface area contributed by atoms with Crippen LogP contribution in [0.15, 0.2) is 262 Å². The second-order valence-electron chi connectivity index (χ2n) is 19.0. The van der Waals surface area contributed by atoms with Crippen molar-refractivity contribution in [2.45, 2.75) is 0 Å². The van der Waals surface area contributed by atoms with Gasteiger partial charge in [-0.1, -0.05) is 231 Å². The molecule has 6 heteroatoms. The number of hydrogen-bond acceptors (Lipinski definition) is 5. The average molecular weight is 959 g/mol. The SMILES string of the molecule is C=C1/C=C\C=C/CN(c2nc(-c3ccccc3)cc(-c3ccccc3)n2)c2c1c1c(c3ccccc23)c2ccccc2c2c1c1ccccc1n2-c1ccc(-c2cnc(-c3ccccc3)nc2-c2ccccc2)cc1. The van der Waals surface area contributed by atoms with Crippen molar-refractivity contribution in [2.24, 2.45) is 0 Å². The number of hydrogen-bond donors (Lipinski definition) is 0. The summed E-state index contributed by atoms with van der Waals surface area (Å²) in [5.41, 5.74) is 14.9. The van der Waals surface area contributed by atoms with E-state index in [2.05, 4.69) is 222 Å². The predicted octanol–water partition coefficient (Wildman–Crippen LogP) is 17.4. The number of anilines is 2. The lowest BCUT2D eigenvalue weighted by atomic mass is 9.85. The summed E-state index contributed by atoms with van der Waals surface area (Å²) in [6.45, 7) is 5.45. The molecule has 75 heavy (non-hydrogen) atoms. The fourth-order valence-corrected chi connectivity index (χ4v) is 11.2. The van der Waals surface area contributed by atoms with Crippen LogP contribution in [0, 0.1) is 0 Å². The maximum atomic E-state index is 5.46. The Morgan fingerprint density at radius 2 is 0.987 bits per heavy atom. The highest BCUT2D eigenvalue weighted by Gasteiger charge is 2.29. The van der Waals surface area contributed by atoms with Crippen LogP contribution in [0.3, 0.4) is 0 Å². The van der Waals surface area contributed by atoms with Gasteiger partial charge in [0.1, 0.15) is 0 Å². The van der Waals surface area contributed by atoms with Gasteiger partial charge >= 0.3 is 0 Å². The minimum atomic E-state index is 0.517. The Morgan fingerprint density at radius 1 is 0.440 bits per heavy atom. The van der Waals surface area contributed by atoms with E-state index in [9.17, 15) is 0 Å². The molecule has 0 fully saturated rings. The van der Waals surface area contributed by atoms with Crippen molar-refractivity contribution in [1.29, 1.82) is 0 Å². The molecule has 13 aromatic rings. The summed E-state index contributed by atoms with van der Waals surface area (Å²) in [6, 6.07) is 79.0. The van der Waals surface area contributed by atoms with E-state index in [1.54, 1.807) is 0 Å². The van der Waals surface area contributed by atoms with E-state index in [1.807, 2.05) is 42.6 Å². The minimum absolute atomic E-state index is 0.517. The number of para-hydroxylation sites is 1. The quantitative estimate of drug-likeness (QED) is 0.149. The maximum Gasteiger partial charge on any atom is 0.231 e. The normalized spacial score (nSPS) is 13.5. The van der Waals surface area contributed by atoms with Gasteiger partial charge in [0, 0.05) is 78.7 Å². The van der Waals surface area contributed by atoms with Crippen molar-refractivity contribution in [3.05, 3.63) is 267 Å². The third-order valence-electron chi connectivity index (χ3n) is 14.6. The molecule has 0 atom stereocenters. The summed E-state index contributed by atoms with van der Waals surface area (Å²) in [7, 11) is 0. The van der Waals surface area contributed by atoms with Crippen molar-refractivity contribution in [3.63, 3.8) is 0 Å². The Bertz CT molecular complexity index is 4370. The first kappa shape index (κ1) is 43.7. The maximum absolute atomic E-state index is 5.46. The molecule has 3 aromatic heterocycles. The molecule has 4 heterocycles. The summed E-state index contributed by atoms with van der Waals surface area (Å²) < 4.78 is 2.45. The third kappa shape index (κ3) is 7.42. The summed E-state index contributed by atoms with van der Waals surface area (Å²) in [4.78, 5) is 23.4. The van der Waals surface area contributed by atoms with Gasteiger partial charge in [-0.15, -0.1) is 0 Å². The molecule has 0 N–H and O–H groups in total. The van der Waals surface area contributed by atoms with Crippen LogP contribution in [0.5, 0.6) is 0 Å². The van der Waals surface area contributed by atoms with Gasteiger partial charge in [0.15, 0.2) is 5.82 Å². The van der Waals surface area contributed by atoms with E-state index in [0.717, 1.165) is 122 Å². The molecule has 0 radical (unpaired) electrons. The number of benzene rings is 10. The minimum Gasteiger partial charge on any atom is -0.309 e. The van der Waals surface area contributed by atoms with Gasteiger partial charge in [-0.05, 0) is 51.6 Å². The summed E-state index contributed by atoms with van der Waals surface area (Å²) in [5.74, 6) is 1.30. The lowest BCUT2D eigenvalue weighted by Gasteiger charge is -2.29. The number of nitrogens with zero attached hydrogens (tertiary/aromatic N) is 6. The molecule has 6 nitrogen and oxygen atoms in total. The van der Waals surface area contributed by atoms with Crippen molar-refractivity contribution in [3.8, 4) is 62.0 Å². The lowest BCUT2D eigenvalue weighted by molar-refractivity contribution is 0.997. The molecule has 0 bridgehead atoms. The average Bonchev–Trinajstić information content (AvgIpc) is 3.90. The fourth-order valence-electron chi connectivity index (χ4n) is 11.2. The van der Waals surface area contributed by atoms with E-state index in [4.69, 9.17) is 26.5 Å². The standard InChI is InChI=1S/C69H46N6/c1-45-23-7-6-22-42-74(69-71-58(47-24-8-2-9-25-47)43-59(72-69)48-26-10-3-11-27-48)66-54-34-18-16-32-52(54)62-53-33-17-19-35-55(53)67-63(64(62)61(45)66)56-36-20-21-37-60(56)75(67)51-40-38-46(39-41-51)57-44-70-68(50-30-14-5-15-31-50)73-65(57)49-28-12-4-13-29-49/h2-41,43-44H,1,42H2/b22-6-,23-7-. The first-order valence-electron chi connectivity index (χ1n) is 25.4. The molecule has 0 saturated heterocycles. The van der Waals surface area contributed by atoms with Gasteiger partial charge in [0.2, 0.25) is 5.95 Å². The van der Waals surface area contributed by atoms with E-state index in [1.165, 1.54) is 5.39 Å². The lowest BCUT2D eigenvalue weighted by Crippen LogP contribution is -2.22. The van der Waals surface area contributed by atoms with Crippen LogP contribution >= 0.6 is 0 Å². The van der Waals surface area contributed by atoms with Gasteiger partial charge in [-0.3, -0.25) is 0 Å². The van der Waals surface area contributed by atoms with Crippen molar-refractivity contribution < 1.29 is 0 Å². The number of aromatic nitrogens is 5. The zero-order chi connectivity index (χ0) is 49.8. The van der Waals surface area contributed by atoms with Gasteiger partial charge in [-0.25, -0.2) is 19.9 Å². The van der Waals surface area contributed by atoms with Crippen molar-refractivity contribution in [1.82, 2.24) is 24.5 Å². The van der Waals surface area contributed by atoms with E-state index in [-0.39, 0.29) is 0 Å². The molecule has 1 aliphatic rings. The van der Waals surface area contributed by atoms with Crippen LogP contribution in [0.25, 0.3) is 122 Å². The first-order chi connectivity index (χ1) is 37.2. The molecular weight excluding hydrogens is 913 g/mol. The van der Waals surface area contributed by atoms with Crippen molar-refractivity contribution in [2.75, 3.05) is 11.4 Å². The second-order valence-corrected chi connectivity index (χ2v) is 19.0. The van der Waals surface area contributed by atoms with Gasteiger partial charge < -0.3 is 9.47 Å². The monoisotopic (exact) mass is 958 g/mol.